The molecule has 2 fully saturated rings. The van der Waals surface area contributed by atoms with Crippen molar-refractivity contribution >= 4 is 11.9 Å². The number of fused-ring (bicyclic) bond motifs is 1. The zero-order chi connectivity index (χ0) is 20.5. The highest BCUT2D eigenvalue weighted by Crippen LogP contribution is 2.34. The van der Waals surface area contributed by atoms with Crippen LogP contribution in [0.2, 0.25) is 0 Å². The van der Waals surface area contributed by atoms with Gasteiger partial charge in [0.1, 0.15) is 6.17 Å². The summed E-state index contributed by atoms with van der Waals surface area (Å²) in [4.78, 5) is 27.7. The molecule has 1 aliphatic carbocycles. The van der Waals surface area contributed by atoms with Crippen molar-refractivity contribution in [1.29, 1.82) is 0 Å². The third-order valence-electron chi connectivity index (χ3n) is 7.23. The van der Waals surface area contributed by atoms with Crippen LogP contribution in [-0.4, -0.2) is 57.5 Å². The smallest absolute Gasteiger partial charge is 0.256 e. The van der Waals surface area contributed by atoms with E-state index in [1.54, 1.807) is 10.6 Å². The zero-order valence-electron chi connectivity index (χ0n) is 18.1. The van der Waals surface area contributed by atoms with Gasteiger partial charge in [0.25, 0.3) is 5.56 Å². The normalized spacial score (nSPS) is 28.0. The van der Waals surface area contributed by atoms with Gasteiger partial charge in [0.2, 0.25) is 11.9 Å². The molecule has 0 aromatic carbocycles. The van der Waals surface area contributed by atoms with E-state index in [1.165, 1.54) is 45.2 Å². The molecule has 2 atom stereocenters. The summed E-state index contributed by atoms with van der Waals surface area (Å²) in [7, 11) is 0. The number of hydrogen-bond donors (Lipinski definition) is 1. The van der Waals surface area contributed by atoms with Crippen LogP contribution in [0.15, 0.2) is 28.0 Å². The predicted octanol–water partition coefficient (Wildman–Crippen LogP) is 3.14. The first kappa shape index (κ1) is 19.8. The second-order valence-electron chi connectivity index (χ2n) is 9.28. The molecule has 1 N–H and O–H groups in total. The maximum absolute atomic E-state index is 12.8. The number of hydrogen-bond acceptors (Lipinski definition) is 6. The first-order chi connectivity index (χ1) is 14.7. The third-order valence-corrected chi connectivity index (χ3v) is 7.23. The topological polar surface area (TPSA) is 65.8 Å². The van der Waals surface area contributed by atoms with Gasteiger partial charge in [-0.3, -0.25) is 14.7 Å². The number of nitrogens with one attached hydrogen (secondary N) is 1. The summed E-state index contributed by atoms with van der Waals surface area (Å²) in [5, 5.41) is 3.41. The van der Waals surface area contributed by atoms with Crippen LogP contribution in [0.3, 0.4) is 0 Å². The monoisotopic (exact) mass is 410 g/mol. The Labute approximate surface area is 178 Å². The number of likely N-dealkylation sites (tertiary alicyclic amines) is 2. The average molecular weight is 411 g/mol. The standard InChI is InChI=1S/C23H34N6O/c1-17-16-20(30)29-21(18-8-4-2-5-9-18)25-22(26-23(29)24-17)28-14-10-19(11-15-28)27-12-6-3-7-13-27/h2,4,16,18-19,21H,3,5-15H2,1H3,(H,24,25,26)/t18-,21+/m0/s1. The van der Waals surface area contributed by atoms with Gasteiger partial charge in [-0.2, -0.15) is 0 Å². The fourth-order valence-electron chi connectivity index (χ4n) is 5.56. The molecule has 0 bridgehead atoms. The van der Waals surface area contributed by atoms with Gasteiger partial charge < -0.3 is 9.80 Å². The Morgan fingerprint density at radius 1 is 1.03 bits per heavy atom. The highest BCUT2D eigenvalue weighted by molar-refractivity contribution is 5.93. The van der Waals surface area contributed by atoms with Crippen LogP contribution in [0.4, 0.5) is 5.95 Å². The molecule has 1 aromatic heterocycles. The van der Waals surface area contributed by atoms with Gasteiger partial charge in [-0.1, -0.05) is 18.6 Å². The van der Waals surface area contributed by atoms with E-state index in [0.29, 0.717) is 17.9 Å². The number of aliphatic imine (C=N–C) groups is 1. The second kappa shape index (κ2) is 8.53. The lowest BCUT2D eigenvalue weighted by Gasteiger charge is -2.42. The molecular formula is C23H34N6O. The average Bonchev–Trinajstić information content (AvgIpc) is 2.79. The van der Waals surface area contributed by atoms with E-state index in [0.717, 1.165) is 44.0 Å². The molecule has 0 radical (unpaired) electrons. The Bertz CT molecular complexity index is 876. The minimum Gasteiger partial charge on any atom is -0.342 e. The number of piperidine rings is 2. The van der Waals surface area contributed by atoms with Gasteiger partial charge in [0, 0.05) is 36.8 Å². The number of nitrogens with zero attached hydrogens (tertiary/aromatic N) is 5. The van der Waals surface area contributed by atoms with Gasteiger partial charge in [0.05, 0.1) is 0 Å². The van der Waals surface area contributed by atoms with Crippen molar-refractivity contribution in [3.05, 3.63) is 34.3 Å². The molecule has 30 heavy (non-hydrogen) atoms. The Hall–Kier alpha value is -2.15. The summed E-state index contributed by atoms with van der Waals surface area (Å²) < 4.78 is 1.78. The molecule has 0 unspecified atom stereocenters. The number of rotatable bonds is 2. The lowest BCUT2D eigenvalue weighted by atomic mass is 9.91. The summed E-state index contributed by atoms with van der Waals surface area (Å²) in [6, 6.07) is 2.34. The van der Waals surface area contributed by atoms with E-state index in [2.05, 4.69) is 32.3 Å². The van der Waals surface area contributed by atoms with Crippen molar-refractivity contribution in [2.24, 2.45) is 10.9 Å². The van der Waals surface area contributed by atoms with Gasteiger partial charge in [-0.05, 0) is 65.0 Å². The first-order valence-electron chi connectivity index (χ1n) is 11.8. The lowest BCUT2D eigenvalue weighted by molar-refractivity contribution is 0.114. The highest BCUT2D eigenvalue weighted by Gasteiger charge is 2.33. The summed E-state index contributed by atoms with van der Waals surface area (Å²) >= 11 is 0. The van der Waals surface area contributed by atoms with Crippen molar-refractivity contribution in [2.45, 2.75) is 70.5 Å². The maximum atomic E-state index is 12.8. The molecule has 5 rings (SSSR count). The van der Waals surface area contributed by atoms with Crippen molar-refractivity contribution in [3.63, 3.8) is 0 Å². The quantitative estimate of drug-likeness (QED) is 0.759. The van der Waals surface area contributed by atoms with E-state index >= 15 is 0 Å². The van der Waals surface area contributed by atoms with Crippen molar-refractivity contribution in [1.82, 2.24) is 19.4 Å². The number of aromatic nitrogens is 2. The lowest BCUT2D eigenvalue weighted by Crippen LogP contribution is -2.51. The molecule has 0 saturated carbocycles. The Kier molecular flexibility index (Phi) is 5.63. The van der Waals surface area contributed by atoms with Gasteiger partial charge >= 0.3 is 0 Å². The summed E-state index contributed by atoms with van der Waals surface area (Å²) in [5.74, 6) is 1.91. The molecule has 7 heteroatoms. The van der Waals surface area contributed by atoms with Crippen molar-refractivity contribution in [3.8, 4) is 0 Å². The zero-order valence-corrected chi connectivity index (χ0v) is 18.1. The molecule has 1 aromatic rings. The first-order valence-corrected chi connectivity index (χ1v) is 11.8. The molecule has 4 aliphatic rings. The predicted molar refractivity (Wildman–Crippen MR) is 120 cm³/mol. The summed E-state index contributed by atoms with van der Waals surface area (Å²) in [5.41, 5.74) is 0.752. The maximum Gasteiger partial charge on any atom is 0.256 e. The Balaban J connectivity index is 1.36. The SMILES string of the molecule is Cc1cc(=O)n2c(n1)NC(N1CCC(N3CCCCC3)CC1)=N[C@H]2[C@H]1CC=CCC1. The second-order valence-corrected chi connectivity index (χ2v) is 9.28. The highest BCUT2D eigenvalue weighted by atomic mass is 16.1. The third kappa shape index (κ3) is 3.92. The number of aryl methyl sites for hydroxylation is 1. The summed E-state index contributed by atoms with van der Waals surface area (Å²) in [6.45, 7) is 6.44. The molecule has 3 aliphatic heterocycles. The summed E-state index contributed by atoms with van der Waals surface area (Å²) in [6.07, 6.45) is 13.9. The van der Waals surface area contributed by atoms with Gasteiger partial charge in [0.15, 0.2) is 0 Å². The van der Waals surface area contributed by atoms with Crippen molar-refractivity contribution < 1.29 is 0 Å². The molecule has 2 saturated heterocycles. The number of anilines is 1. The molecule has 4 heterocycles. The minimum atomic E-state index is -0.165. The van der Waals surface area contributed by atoms with Gasteiger partial charge in [-0.25, -0.2) is 9.98 Å². The van der Waals surface area contributed by atoms with E-state index in [4.69, 9.17) is 4.99 Å². The number of allylic oxidation sites excluding steroid dienone is 2. The fourth-order valence-corrected chi connectivity index (χ4v) is 5.56. The van der Waals surface area contributed by atoms with Crippen LogP contribution in [0.1, 0.15) is 63.2 Å². The van der Waals surface area contributed by atoms with Crippen LogP contribution < -0.4 is 10.9 Å². The van der Waals surface area contributed by atoms with Crippen LogP contribution in [-0.2, 0) is 0 Å². The van der Waals surface area contributed by atoms with Crippen LogP contribution in [0, 0.1) is 12.8 Å². The van der Waals surface area contributed by atoms with Crippen molar-refractivity contribution in [2.75, 3.05) is 31.5 Å². The van der Waals surface area contributed by atoms with E-state index in [1.807, 2.05) is 6.92 Å². The minimum absolute atomic E-state index is 0.00356. The van der Waals surface area contributed by atoms with E-state index in [-0.39, 0.29) is 11.7 Å². The number of guanidine groups is 1. The molecule has 162 valence electrons. The van der Waals surface area contributed by atoms with Gasteiger partial charge in [-0.15, -0.1) is 0 Å². The molecule has 0 spiro atoms. The Morgan fingerprint density at radius 3 is 2.57 bits per heavy atom. The van der Waals surface area contributed by atoms with Crippen LogP contribution in [0.5, 0.6) is 0 Å². The molecule has 0 amide bonds. The van der Waals surface area contributed by atoms with Crippen LogP contribution in [0.25, 0.3) is 0 Å². The van der Waals surface area contributed by atoms with E-state index in [9.17, 15) is 4.79 Å². The Morgan fingerprint density at radius 2 is 1.83 bits per heavy atom. The van der Waals surface area contributed by atoms with Crippen LogP contribution >= 0.6 is 0 Å². The molecular weight excluding hydrogens is 376 g/mol. The fraction of sp³-hybridized carbons (Fsp3) is 0.696. The molecule has 7 nitrogen and oxygen atoms in total. The van der Waals surface area contributed by atoms with E-state index < -0.39 is 0 Å². The largest absolute Gasteiger partial charge is 0.342 e.